The summed E-state index contributed by atoms with van der Waals surface area (Å²) in [6.07, 6.45) is 1.56. The number of nitrogens with zero attached hydrogens (tertiary/aromatic N) is 2. The number of hydrogen-bond acceptors (Lipinski definition) is 5. The number of anilines is 1. The highest BCUT2D eigenvalue weighted by Gasteiger charge is 2.09. The third kappa shape index (κ3) is 2.37. The monoisotopic (exact) mass is 245 g/mol. The minimum atomic E-state index is 0.512. The van der Waals surface area contributed by atoms with Crippen LogP contribution in [0, 0.1) is 25.2 Å². The van der Waals surface area contributed by atoms with E-state index < -0.39 is 0 Å². The molecular weight excluding hydrogens is 234 g/mol. The van der Waals surface area contributed by atoms with Gasteiger partial charge in [0, 0.05) is 0 Å². The highest BCUT2D eigenvalue weighted by atomic mass is 32.1. The predicted octanol–water partition coefficient (Wildman–Crippen LogP) is 3.01. The van der Waals surface area contributed by atoms with Gasteiger partial charge in [-0.25, -0.2) is 4.98 Å². The number of benzene rings is 1. The van der Waals surface area contributed by atoms with Gasteiger partial charge in [-0.15, -0.1) is 0 Å². The number of hydrogen-bond donors (Lipinski definition) is 1. The third-order valence-electron chi connectivity index (χ3n) is 2.28. The second-order valence-electron chi connectivity index (χ2n) is 3.68. The average Bonchev–Trinajstić information content (AvgIpc) is 2.69. The van der Waals surface area contributed by atoms with E-state index in [1.54, 1.807) is 18.3 Å². The van der Waals surface area contributed by atoms with Crippen LogP contribution in [0.1, 0.15) is 16.7 Å². The van der Waals surface area contributed by atoms with Crippen LogP contribution in [0.3, 0.4) is 0 Å². The molecule has 1 heterocycles. The van der Waals surface area contributed by atoms with Crippen molar-refractivity contribution in [2.24, 2.45) is 0 Å². The molecule has 1 aromatic heterocycles. The maximum Gasteiger partial charge on any atom is 0.280 e. The number of nitrogen functional groups attached to an aromatic ring is 1. The Morgan fingerprint density at radius 1 is 1.35 bits per heavy atom. The molecule has 2 aromatic rings. The van der Waals surface area contributed by atoms with Crippen molar-refractivity contribution in [1.29, 1.82) is 5.26 Å². The van der Waals surface area contributed by atoms with E-state index in [0.29, 0.717) is 15.8 Å². The summed E-state index contributed by atoms with van der Waals surface area (Å²) in [6, 6.07) is 5.70. The van der Waals surface area contributed by atoms with Gasteiger partial charge in [-0.1, -0.05) is 11.3 Å². The van der Waals surface area contributed by atoms with Crippen LogP contribution in [0.2, 0.25) is 0 Å². The molecule has 0 amide bonds. The van der Waals surface area contributed by atoms with Gasteiger partial charge in [0.05, 0.1) is 17.8 Å². The summed E-state index contributed by atoms with van der Waals surface area (Å²) >= 11 is 1.29. The molecular formula is C12H11N3OS. The van der Waals surface area contributed by atoms with Crippen molar-refractivity contribution in [2.45, 2.75) is 13.8 Å². The number of thiazole rings is 1. The molecule has 0 atom stereocenters. The number of aromatic nitrogens is 1. The van der Waals surface area contributed by atoms with Gasteiger partial charge in [-0.3, -0.25) is 0 Å². The number of aryl methyl sites for hydroxylation is 2. The van der Waals surface area contributed by atoms with Gasteiger partial charge >= 0.3 is 0 Å². The van der Waals surface area contributed by atoms with Crippen molar-refractivity contribution in [3.05, 3.63) is 35.0 Å². The Balaban J connectivity index is 2.37. The largest absolute Gasteiger partial charge is 0.430 e. The van der Waals surface area contributed by atoms with E-state index in [1.165, 1.54) is 11.3 Å². The van der Waals surface area contributed by atoms with Crippen LogP contribution >= 0.6 is 11.3 Å². The maximum atomic E-state index is 8.85. The van der Waals surface area contributed by atoms with Gasteiger partial charge in [0.15, 0.2) is 0 Å². The first kappa shape index (κ1) is 11.4. The first-order valence-electron chi connectivity index (χ1n) is 5.00. The van der Waals surface area contributed by atoms with Crippen LogP contribution < -0.4 is 10.5 Å². The predicted molar refractivity (Wildman–Crippen MR) is 67.2 cm³/mol. The van der Waals surface area contributed by atoms with E-state index >= 15 is 0 Å². The summed E-state index contributed by atoms with van der Waals surface area (Å²) in [5.74, 6) is 0.735. The van der Waals surface area contributed by atoms with E-state index in [1.807, 2.05) is 13.8 Å². The van der Waals surface area contributed by atoms with Gasteiger partial charge in [-0.05, 0) is 37.1 Å². The molecule has 0 aliphatic heterocycles. The van der Waals surface area contributed by atoms with Crippen LogP contribution in [0.15, 0.2) is 18.3 Å². The van der Waals surface area contributed by atoms with E-state index in [4.69, 9.17) is 15.7 Å². The van der Waals surface area contributed by atoms with Gasteiger partial charge in [0.25, 0.3) is 5.19 Å². The second-order valence-corrected chi connectivity index (χ2v) is 4.71. The number of ether oxygens (including phenoxy) is 1. The van der Waals surface area contributed by atoms with Crippen LogP contribution in [0.5, 0.6) is 10.9 Å². The zero-order valence-electron chi connectivity index (χ0n) is 9.52. The van der Waals surface area contributed by atoms with Crippen LogP contribution in [0.25, 0.3) is 0 Å². The molecule has 0 radical (unpaired) electrons. The first-order chi connectivity index (χ1) is 8.10. The molecule has 0 saturated heterocycles. The van der Waals surface area contributed by atoms with E-state index in [9.17, 15) is 0 Å². The molecule has 4 nitrogen and oxygen atoms in total. The highest BCUT2D eigenvalue weighted by molar-refractivity contribution is 7.17. The SMILES string of the molecule is Cc1cc(C#N)cc(C)c1Oc1ncc(N)s1. The molecule has 2 N–H and O–H groups in total. The Morgan fingerprint density at radius 3 is 2.47 bits per heavy atom. The molecule has 0 bridgehead atoms. The fourth-order valence-electron chi connectivity index (χ4n) is 1.58. The van der Waals surface area contributed by atoms with Crippen LogP contribution in [-0.2, 0) is 0 Å². The zero-order chi connectivity index (χ0) is 12.4. The fourth-order valence-corrected chi connectivity index (χ4v) is 2.12. The number of rotatable bonds is 2. The first-order valence-corrected chi connectivity index (χ1v) is 5.82. The van der Waals surface area contributed by atoms with E-state index in [0.717, 1.165) is 16.9 Å². The summed E-state index contributed by atoms with van der Waals surface area (Å²) in [5.41, 5.74) is 8.04. The number of nitrogens with two attached hydrogens (primary N) is 1. The lowest BCUT2D eigenvalue weighted by Gasteiger charge is -2.09. The minimum absolute atomic E-state index is 0.512. The summed E-state index contributed by atoms with van der Waals surface area (Å²) in [6.45, 7) is 3.81. The molecule has 0 unspecified atom stereocenters. The quantitative estimate of drug-likeness (QED) is 0.882. The number of nitriles is 1. The summed E-state index contributed by atoms with van der Waals surface area (Å²) in [5, 5.41) is 9.98. The van der Waals surface area contributed by atoms with Gasteiger partial charge in [0.1, 0.15) is 10.8 Å². The normalized spacial score (nSPS) is 9.94. The molecule has 5 heteroatoms. The van der Waals surface area contributed by atoms with Crippen molar-refractivity contribution in [2.75, 3.05) is 5.73 Å². The Morgan fingerprint density at radius 2 is 2.00 bits per heavy atom. The van der Waals surface area contributed by atoms with Crippen LogP contribution in [-0.4, -0.2) is 4.98 Å². The Hall–Kier alpha value is -2.06. The fraction of sp³-hybridized carbons (Fsp3) is 0.167. The van der Waals surface area contributed by atoms with Gasteiger partial charge in [-0.2, -0.15) is 5.26 Å². The average molecular weight is 245 g/mol. The summed E-state index contributed by atoms with van der Waals surface area (Å²) in [4.78, 5) is 4.04. The molecule has 0 aliphatic rings. The third-order valence-corrected chi connectivity index (χ3v) is 2.99. The van der Waals surface area contributed by atoms with Crippen molar-refractivity contribution in [3.63, 3.8) is 0 Å². The Bertz CT molecular complexity index is 575. The highest BCUT2D eigenvalue weighted by Crippen LogP contribution is 2.32. The molecule has 1 aromatic carbocycles. The Labute approximate surface area is 103 Å². The lowest BCUT2D eigenvalue weighted by Crippen LogP contribution is -1.92. The smallest absolute Gasteiger partial charge is 0.280 e. The molecule has 0 saturated carbocycles. The maximum absolute atomic E-state index is 8.85. The van der Waals surface area contributed by atoms with Crippen molar-refractivity contribution < 1.29 is 4.74 Å². The lowest BCUT2D eigenvalue weighted by atomic mass is 10.1. The standard InChI is InChI=1S/C12H11N3OS/c1-7-3-9(5-13)4-8(2)11(7)16-12-15-6-10(14)17-12/h3-4,6H,14H2,1-2H3. The lowest BCUT2D eigenvalue weighted by molar-refractivity contribution is 0.471. The molecule has 0 aliphatic carbocycles. The van der Waals surface area contributed by atoms with E-state index in [2.05, 4.69) is 11.1 Å². The molecule has 17 heavy (non-hydrogen) atoms. The van der Waals surface area contributed by atoms with Crippen molar-refractivity contribution in [3.8, 4) is 17.0 Å². The zero-order valence-corrected chi connectivity index (χ0v) is 10.3. The summed E-state index contributed by atoms with van der Waals surface area (Å²) in [7, 11) is 0. The molecule has 2 rings (SSSR count). The van der Waals surface area contributed by atoms with Gasteiger partial charge in [0.2, 0.25) is 0 Å². The Kier molecular flexibility index (Phi) is 2.98. The minimum Gasteiger partial charge on any atom is -0.430 e. The van der Waals surface area contributed by atoms with Gasteiger partial charge < -0.3 is 10.5 Å². The molecule has 0 spiro atoms. The van der Waals surface area contributed by atoms with Crippen molar-refractivity contribution >= 4 is 16.3 Å². The van der Waals surface area contributed by atoms with E-state index in [-0.39, 0.29) is 0 Å². The molecule has 86 valence electrons. The topological polar surface area (TPSA) is 71.9 Å². The second kappa shape index (κ2) is 4.44. The van der Waals surface area contributed by atoms with Crippen molar-refractivity contribution in [1.82, 2.24) is 4.98 Å². The summed E-state index contributed by atoms with van der Waals surface area (Å²) < 4.78 is 5.68. The van der Waals surface area contributed by atoms with Crippen LogP contribution in [0.4, 0.5) is 5.00 Å². The molecule has 0 fully saturated rings.